The third-order valence-corrected chi connectivity index (χ3v) is 6.03. The number of hydrogen-bond acceptors (Lipinski definition) is 3. The lowest BCUT2D eigenvalue weighted by Gasteiger charge is -2.34. The van der Waals surface area contributed by atoms with Gasteiger partial charge in [0.1, 0.15) is 11.9 Å². The van der Waals surface area contributed by atoms with E-state index in [0.29, 0.717) is 0 Å². The fraction of sp³-hybridized carbons (Fsp3) is 0.143. The normalized spacial score (nSPS) is 22.9. The van der Waals surface area contributed by atoms with E-state index in [9.17, 15) is 0 Å². The van der Waals surface area contributed by atoms with Crippen molar-refractivity contribution in [1.82, 2.24) is 0 Å². The van der Waals surface area contributed by atoms with Crippen LogP contribution in [0.3, 0.4) is 0 Å². The van der Waals surface area contributed by atoms with Crippen LogP contribution in [0.5, 0.6) is 5.75 Å². The van der Waals surface area contributed by atoms with E-state index in [2.05, 4.69) is 60.7 Å². The van der Waals surface area contributed by atoms with Crippen LogP contribution in [0.4, 0.5) is 0 Å². The predicted molar refractivity (Wildman–Crippen MR) is 121 cm³/mol. The minimum atomic E-state index is -0.810. The highest BCUT2D eigenvalue weighted by atomic mass is 17.2. The second-order valence-electron chi connectivity index (χ2n) is 7.73. The van der Waals surface area contributed by atoms with Gasteiger partial charge in [-0.3, -0.25) is 0 Å². The van der Waals surface area contributed by atoms with Crippen LogP contribution in [0.1, 0.15) is 34.3 Å². The van der Waals surface area contributed by atoms with Crippen molar-refractivity contribution in [3.05, 3.63) is 138 Å². The van der Waals surface area contributed by atoms with Crippen LogP contribution in [-0.2, 0) is 15.4 Å². The molecule has 0 aromatic heterocycles. The molecule has 1 heterocycles. The van der Waals surface area contributed by atoms with Gasteiger partial charge in [-0.05, 0) is 34.4 Å². The Labute approximate surface area is 182 Å². The molecule has 1 fully saturated rings. The third kappa shape index (κ3) is 3.42. The van der Waals surface area contributed by atoms with Crippen LogP contribution in [0.15, 0.2) is 115 Å². The average molecular weight is 408 g/mol. The molecule has 0 unspecified atom stereocenters. The first-order chi connectivity index (χ1) is 15.3. The Morgan fingerprint density at radius 3 is 1.71 bits per heavy atom. The number of hydrogen-bond donors (Lipinski definition) is 0. The summed E-state index contributed by atoms with van der Waals surface area (Å²) in [4.78, 5) is 12.5. The van der Waals surface area contributed by atoms with Gasteiger partial charge in [-0.2, -0.15) is 0 Å². The molecule has 4 aromatic carbocycles. The van der Waals surface area contributed by atoms with Crippen molar-refractivity contribution in [3.63, 3.8) is 0 Å². The van der Waals surface area contributed by atoms with Gasteiger partial charge in [0, 0.05) is 0 Å². The van der Waals surface area contributed by atoms with Crippen LogP contribution in [-0.4, -0.2) is 7.11 Å². The smallest absolute Gasteiger partial charge is 0.163 e. The molecule has 31 heavy (non-hydrogen) atoms. The van der Waals surface area contributed by atoms with Gasteiger partial charge in [0.05, 0.1) is 13.0 Å². The molecule has 3 heteroatoms. The molecule has 1 saturated heterocycles. The van der Waals surface area contributed by atoms with Crippen molar-refractivity contribution in [2.45, 2.75) is 17.6 Å². The van der Waals surface area contributed by atoms with Crippen LogP contribution in [0.25, 0.3) is 0 Å². The number of rotatable bonds is 5. The highest BCUT2D eigenvalue weighted by Gasteiger charge is 2.55. The van der Waals surface area contributed by atoms with Crippen LogP contribution in [0.2, 0.25) is 0 Å². The quantitative estimate of drug-likeness (QED) is 0.356. The van der Waals surface area contributed by atoms with Gasteiger partial charge in [-0.1, -0.05) is 103 Å². The molecular weight excluding hydrogens is 384 g/mol. The Hall–Kier alpha value is -3.40. The lowest BCUT2D eigenvalue weighted by molar-refractivity contribution is -0.322. The Balaban J connectivity index is 1.75. The van der Waals surface area contributed by atoms with Crippen molar-refractivity contribution < 1.29 is 14.5 Å². The molecule has 0 N–H and O–H groups in total. The summed E-state index contributed by atoms with van der Waals surface area (Å²) >= 11 is 0. The van der Waals surface area contributed by atoms with Crippen molar-refractivity contribution in [2.24, 2.45) is 0 Å². The van der Waals surface area contributed by atoms with Crippen LogP contribution in [0, 0.1) is 0 Å². The van der Waals surface area contributed by atoms with Crippen molar-refractivity contribution in [3.8, 4) is 5.75 Å². The first-order valence-corrected chi connectivity index (χ1v) is 10.5. The summed E-state index contributed by atoms with van der Waals surface area (Å²) in [6.45, 7) is 0. The van der Waals surface area contributed by atoms with E-state index in [1.54, 1.807) is 7.11 Å². The molecule has 3 nitrogen and oxygen atoms in total. The lowest BCUT2D eigenvalue weighted by Crippen LogP contribution is -2.34. The Kier molecular flexibility index (Phi) is 5.29. The minimum Gasteiger partial charge on any atom is -0.497 e. The molecule has 154 valence electrons. The second kappa shape index (κ2) is 8.38. The number of benzene rings is 4. The number of methoxy groups -OCH3 is 1. The molecule has 4 aromatic rings. The van der Waals surface area contributed by atoms with Gasteiger partial charge in [-0.15, -0.1) is 0 Å². The van der Waals surface area contributed by atoms with Gasteiger partial charge >= 0.3 is 0 Å². The summed E-state index contributed by atoms with van der Waals surface area (Å²) in [7, 11) is 1.68. The van der Waals surface area contributed by atoms with Crippen molar-refractivity contribution in [2.75, 3.05) is 7.11 Å². The summed E-state index contributed by atoms with van der Waals surface area (Å²) in [5.41, 5.74) is 3.51. The zero-order valence-electron chi connectivity index (χ0n) is 17.3. The first-order valence-electron chi connectivity index (χ1n) is 10.5. The molecule has 0 amide bonds. The van der Waals surface area contributed by atoms with Gasteiger partial charge in [0.25, 0.3) is 0 Å². The summed E-state index contributed by atoms with van der Waals surface area (Å²) in [5.74, 6) is 0.716. The summed E-state index contributed by atoms with van der Waals surface area (Å²) in [5, 5.41) is 0. The lowest BCUT2D eigenvalue weighted by atomic mass is 9.70. The maximum atomic E-state index is 6.38. The highest BCUT2D eigenvalue weighted by Crippen LogP contribution is 2.57. The molecule has 1 aliphatic heterocycles. The Bertz CT molecular complexity index is 1110. The van der Waals surface area contributed by atoms with Gasteiger partial charge < -0.3 is 4.74 Å². The third-order valence-electron chi connectivity index (χ3n) is 6.03. The number of ether oxygens (including phenoxy) is 1. The topological polar surface area (TPSA) is 27.7 Å². The van der Waals surface area contributed by atoms with Crippen molar-refractivity contribution >= 4 is 0 Å². The monoisotopic (exact) mass is 408 g/mol. The highest BCUT2D eigenvalue weighted by molar-refractivity contribution is 5.46. The minimum absolute atomic E-state index is 0.0908. The molecule has 0 aliphatic carbocycles. The summed E-state index contributed by atoms with van der Waals surface area (Å²) in [6, 6.07) is 39.2. The van der Waals surface area contributed by atoms with E-state index in [0.717, 1.165) is 28.0 Å². The van der Waals surface area contributed by atoms with Crippen LogP contribution < -0.4 is 4.74 Å². The van der Waals surface area contributed by atoms with E-state index in [-0.39, 0.29) is 12.0 Å². The fourth-order valence-corrected chi connectivity index (χ4v) is 4.56. The van der Waals surface area contributed by atoms with E-state index in [1.165, 1.54) is 0 Å². The van der Waals surface area contributed by atoms with Crippen molar-refractivity contribution in [1.29, 1.82) is 0 Å². The first kappa shape index (κ1) is 19.6. The van der Waals surface area contributed by atoms with Crippen LogP contribution >= 0.6 is 0 Å². The van der Waals surface area contributed by atoms with Gasteiger partial charge in [0.15, 0.2) is 5.60 Å². The van der Waals surface area contributed by atoms with E-state index in [1.807, 2.05) is 54.6 Å². The zero-order valence-corrected chi connectivity index (χ0v) is 17.3. The Morgan fingerprint density at radius 1 is 0.613 bits per heavy atom. The predicted octanol–water partition coefficient (Wildman–Crippen LogP) is 6.43. The largest absolute Gasteiger partial charge is 0.497 e. The SMILES string of the molecule is COc1ccc([C@@]2(c3ccccc3)OO[C@H](c3ccccc3)[C@H]2c2ccccc2)cc1. The van der Waals surface area contributed by atoms with Gasteiger partial charge in [-0.25, -0.2) is 9.78 Å². The molecule has 0 saturated carbocycles. The second-order valence-corrected chi connectivity index (χ2v) is 7.73. The molecular formula is C28H24O3. The standard InChI is InChI=1S/C28H24O3/c1-29-25-19-17-24(18-20-25)28(23-15-9-4-10-16-23)26(21-11-5-2-6-12-21)27(30-31-28)22-13-7-3-8-14-22/h2-20,26-27H,1H3/t26-,27-,28-/m1/s1. The average Bonchev–Trinajstić information content (AvgIpc) is 3.27. The summed E-state index contributed by atoms with van der Waals surface area (Å²) < 4.78 is 5.40. The zero-order chi connectivity index (χ0) is 21.1. The fourth-order valence-electron chi connectivity index (χ4n) is 4.56. The van der Waals surface area contributed by atoms with Gasteiger partial charge in [0.2, 0.25) is 0 Å². The van der Waals surface area contributed by atoms with E-state index in [4.69, 9.17) is 14.5 Å². The summed E-state index contributed by atoms with van der Waals surface area (Å²) in [6.07, 6.45) is -0.258. The molecule has 1 aliphatic rings. The van der Waals surface area contributed by atoms with E-state index < -0.39 is 5.60 Å². The maximum absolute atomic E-state index is 6.38. The molecule has 5 rings (SSSR count). The van der Waals surface area contributed by atoms with E-state index >= 15 is 0 Å². The molecule has 0 radical (unpaired) electrons. The molecule has 0 bridgehead atoms. The Morgan fingerprint density at radius 2 is 1.13 bits per heavy atom. The maximum Gasteiger partial charge on any atom is 0.163 e. The molecule has 0 spiro atoms. The molecule has 3 atom stereocenters.